The first-order valence-electron chi connectivity index (χ1n) is 6.01. The molecule has 92 valence electrons. The van der Waals surface area contributed by atoms with Crippen LogP contribution in [0.5, 0.6) is 0 Å². The van der Waals surface area contributed by atoms with E-state index in [0.717, 1.165) is 19.5 Å². The van der Waals surface area contributed by atoms with Crippen molar-refractivity contribution < 1.29 is 9.53 Å². The van der Waals surface area contributed by atoms with Crippen molar-refractivity contribution in [3.05, 3.63) is 35.4 Å². The average molecular weight is 233 g/mol. The molecular weight excluding hydrogens is 214 g/mol. The Labute approximate surface area is 102 Å². The standard InChI is InChI=1S/C14H19NO2/c1-11-4-3-5-12(6-11)7-13-8-15(9-13)14(16)10-17-2/h3-6,13H,7-10H2,1-2H3. The number of methoxy groups -OCH3 is 1. The van der Waals surface area contributed by atoms with E-state index in [9.17, 15) is 4.79 Å². The molecule has 0 saturated carbocycles. The van der Waals surface area contributed by atoms with Crippen molar-refractivity contribution >= 4 is 5.91 Å². The fourth-order valence-electron chi connectivity index (χ4n) is 2.29. The lowest BCUT2D eigenvalue weighted by Crippen LogP contribution is -2.51. The van der Waals surface area contributed by atoms with Crippen molar-refractivity contribution in [1.29, 1.82) is 0 Å². The van der Waals surface area contributed by atoms with Crippen molar-refractivity contribution in [2.75, 3.05) is 26.8 Å². The summed E-state index contributed by atoms with van der Waals surface area (Å²) in [5.74, 6) is 0.714. The quantitative estimate of drug-likeness (QED) is 0.791. The van der Waals surface area contributed by atoms with E-state index in [1.165, 1.54) is 11.1 Å². The largest absolute Gasteiger partial charge is 0.375 e. The zero-order valence-corrected chi connectivity index (χ0v) is 10.5. The Morgan fingerprint density at radius 3 is 2.88 bits per heavy atom. The first-order valence-corrected chi connectivity index (χ1v) is 6.01. The SMILES string of the molecule is COCC(=O)N1CC(Cc2cccc(C)c2)C1. The number of rotatable bonds is 4. The number of nitrogens with zero attached hydrogens (tertiary/aromatic N) is 1. The number of benzene rings is 1. The third-order valence-corrected chi connectivity index (χ3v) is 3.18. The summed E-state index contributed by atoms with van der Waals surface area (Å²) in [6.07, 6.45) is 1.07. The monoisotopic (exact) mass is 233 g/mol. The van der Waals surface area contributed by atoms with E-state index in [-0.39, 0.29) is 12.5 Å². The van der Waals surface area contributed by atoms with Gasteiger partial charge in [0, 0.05) is 20.2 Å². The second-order valence-electron chi connectivity index (χ2n) is 4.79. The normalized spacial score (nSPS) is 15.8. The highest BCUT2D eigenvalue weighted by molar-refractivity contribution is 5.78. The number of ether oxygens (including phenoxy) is 1. The number of carbonyl (C=O) groups is 1. The van der Waals surface area contributed by atoms with Gasteiger partial charge in [0.25, 0.3) is 0 Å². The minimum absolute atomic E-state index is 0.105. The number of likely N-dealkylation sites (tertiary alicyclic amines) is 1. The van der Waals surface area contributed by atoms with Gasteiger partial charge in [0.2, 0.25) is 5.91 Å². The molecule has 0 spiro atoms. The highest BCUT2D eigenvalue weighted by Gasteiger charge is 2.30. The summed E-state index contributed by atoms with van der Waals surface area (Å²) in [7, 11) is 1.56. The van der Waals surface area contributed by atoms with Crippen LogP contribution in [0, 0.1) is 12.8 Å². The minimum atomic E-state index is 0.105. The van der Waals surface area contributed by atoms with Gasteiger partial charge in [0.1, 0.15) is 6.61 Å². The van der Waals surface area contributed by atoms with Crippen molar-refractivity contribution in [3.8, 4) is 0 Å². The van der Waals surface area contributed by atoms with Crippen molar-refractivity contribution in [2.24, 2.45) is 5.92 Å². The van der Waals surface area contributed by atoms with Crippen LogP contribution in [0.1, 0.15) is 11.1 Å². The lowest BCUT2D eigenvalue weighted by atomic mass is 9.91. The van der Waals surface area contributed by atoms with Crippen LogP contribution in [-0.4, -0.2) is 37.6 Å². The van der Waals surface area contributed by atoms with Crippen LogP contribution in [-0.2, 0) is 16.0 Å². The molecule has 3 heteroatoms. The molecule has 1 heterocycles. The summed E-state index contributed by atoms with van der Waals surface area (Å²) in [5.41, 5.74) is 2.67. The van der Waals surface area contributed by atoms with Gasteiger partial charge in [-0.3, -0.25) is 4.79 Å². The molecule has 0 radical (unpaired) electrons. The van der Waals surface area contributed by atoms with Gasteiger partial charge in [-0.25, -0.2) is 0 Å². The van der Waals surface area contributed by atoms with E-state index in [2.05, 4.69) is 31.2 Å². The lowest BCUT2D eigenvalue weighted by molar-refractivity contribution is -0.141. The summed E-state index contributed by atoms with van der Waals surface area (Å²) in [4.78, 5) is 13.3. The smallest absolute Gasteiger partial charge is 0.248 e. The fourth-order valence-corrected chi connectivity index (χ4v) is 2.29. The third-order valence-electron chi connectivity index (χ3n) is 3.18. The highest BCUT2D eigenvalue weighted by Crippen LogP contribution is 2.20. The molecule has 1 aliphatic rings. The molecule has 1 aromatic rings. The van der Waals surface area contributed by atoms with Gasteiger partial charge in [-0.1, -0.05) is 29.8 Å². The van der Waals surface area contributed by atoms with Crippen LogP contribution >= 0.6 is 0 Å². The Hall–Kier alpha value is -1.35. The van der Waals surface area contributed by atoms with Gasteiger partial charge in [0.05, 0.1) is 0 Å². The van der Waals surface area contributed by atoms with Gasteiger partial charge in [0.15, 0.2) is 0 Å². The molecule has 1 fully saturated rings. The van der Waals surface area contributed by atoms with E-state index < -0.39 is 0 Å². The molecule has 17 heavy (non-hydrogen) atoms. The Bertz CT molecular complexity index is 397. The predicted molar refractivity (Wildman–Crippen MR) is 66.8 cm³/mol. The van der Waals surface area contributed by atoms with Crippen LogP contribution in [0.15, 0.2) is 24.3 Å². The minimum Gasteiger partial charge on any atom is -0.375 e. The Morgan fingerprint density at radius 2 is 2.24 bits per heavy atom. The molecule has 1 aliphatic heterocycles. The highest BCUT2D eigenvalue weighted by atomic mass is 16.5. The molecule has 0 N–H and O–H groups in total. The number of amides is 1. The molecule has 0 unspecified atom stereocenters. The van der Waals surface area contributed by atoms with E-state index in [4.69, 9.17) is 4.74 Å². The number of aryl methyl sites for hydroxylation is 1. The number of carbonyl (C=O) groups excluding carboxylic acids is 1. The van der Waals surface area contributed by atoms with Crippen LogP contribution in [0.4, 0.5) is 0 Å². The second kappa shape index (κ2) is 5.32. The van der Waals surface area contributed by atoms with Gasteiger partial charge >= 0.3 is 0 Å². The topological polar surface area (TPSA) is 29.5 Å². The average Bonchev–Trinajstić information content (AvgIpc) is 2.23. The van der Waals surface area contributed by atoms with Crippen LogP contribution in [0.25, 0.3) is 0 Å². The van der Waals surface area contributed by atoms with Gasteiger partial charge in [-0.15, -0.1) is 0 Å². The molecule has 1 amide bonds. The predicted octanol–water partition coefficient (Wildman–Crippen LogP) is 1.64. The van der Waals surface area contributed by atoms with Crippen LogP contribution in [0.3, 0.4) is 0 Å². The molecular formula is C14H19NO2. The molecule has 1 saturated heterocycles. The van der Waals surface area contributed by atoms with Gasteiger partial charge < -0.3 is 9.64 Å². The molecule has 0 atom stereocenters. The molecule has 0 aliphatic carbocycles. The van der Waals surface area contributed by atoms with Crippen LogP contribution < -0.4 is 0 Å². The number of hydrogen-bond donors (Lipinski definition) is 0. The maximum Gasteiger partial charge on any atom is 0.248 e. The summed E-state index contributed by atoms with van der Waals surface area (Å²) in [6.45, 7) is 4.06. The molecule has 1 aromatic carbocycles. The second-order valence-corrected chi connectivity index (χ2v) is 4.79. The maximum absolute atomic E-state index is 11.5. The molecule has 2 rings (SSSR count). The molecule has 0 bridgehead atoms. The van der Waals surface area contributed by atoms with E-state index in [1.54, 1.807) is 7.11 Å². The fraction of sp³-hybridized carbons (Fsp3) is 0.500. The maximum atomic E-state index is 11.5. The zero-order chi connectivity index (χ0) is 12.3. The number of hydrogen-bond acceptors (Lipinski definition) is 2. The van der Waals surface area contributed by atoms with Crippen molar-refractivity contribution in [3.63, 3.8) is 0 Å². The Morgan fingerprint density at radius 1 is 1.47 bits per heavy atom. The Kier molecular flexibility index (Phi) is 3.79. The van der Waals surface area contributed by atoms with Gasteiger partial charge in [-0.05, 0) is 24.8 Å². The molecule has 3 nitrogen and oxygen atoms in total. The summed E-state index contributed by atoms with van der Waals surface area (Å²) in [5, 5.41) is 0. The Balaban J connectivity index is 1.79. The van der Waals surface area contributed by atoms with E-state index >= 15 is 0 Å². The molecule has 0 aromatic heterocycles. The zero-order valence-electron chi connectivity index (χ0n) is 10.5. The third kappa shape index (κ3) is 3.07. The van der Waals surface area contributed by atoms with E-state index in [0.29, 0.717) is 5.92 Å². The first-order chi connectivity index (χ1) is 8.19. The first kappa shape index (κ1) is 12.1. The van der Waals surface area contributed by atoms with Gasteiger partial charge in [-0.2, -0.15) is 0 Å². The summed E-state index contributed by atoms with van der Waals surface area (Å²) in [6, 6.07) is 8.59. The van der Waals surface area contributed by atoms with Crippen LogP contribution in [0.2, 0.25) is 0 Å². The van der Waals surface area contributed by atoms with Crippen molar-refractivity contribution in [2.45, 2.75) is 13.3 Å². The lowest BCUT2D eigenvalue weighted by Gasteiger charge is -2.39. The summed E-state index contributed by atoms with van der Waals surface area (Å²) >= 11 is 0. The summed E-state index contributed by atoms with van der Waals surface area (Å²) < 4.78 is 4.84. The van der Waals surface area contributed by atoms with Crippen molar-refractivity contribution in [1.82, 2.24) is 4.90 Å². The van der Waals surface area contributed by atoms with E-state index in [1.807, 2.05) is 4.90 Å².